The number of halogens is 1. The van der Waals surface area contributed by atoms with E-state index in [1.165, 1.54) is 26.4 Å². The second-order valence-corrected chi connectivity index (χ2v) is 5.75. The second kappa shape index (κ2) is 7.05. The fraction of sp³-hybridized carbons (Fsp3) is 0.167. The number of imide groups is 1. The molecule has 2 amide bonds. The number of benzene rings is 2. The summed E-state index contributed by atoms with van der Waals surface area (Å²) in [5, 5.41) is 0.166. The van der Waals surface area contributed by atoms with Crippen LogP contribution in [0.5, 0.6) is 11.5 Å². The summed E-state index contributed by atoms with van der Waals surface area (Å²) in [5.41, 5.74) is 0.662. The number of esters is 1. The van der Waals surface area contributed by atoms with Gasteiger partial charge in [0.25, 0.3) is 11.8 Å². The van der Waals surface area contributed by atoms with Gasteiger partial charge in [0.2, 0.25) is 0 Å². The Labute approximate surface area is 154 Å². The molecule has 2 aromatic rings. The third kappa shape index (κ3) is 2.97. The van der Waals surface area contributed by atoms with Crippen molar-refractivity contribution in [3.63, 3.8) is 0 Å². The Bertz CT molecular complexity index is 876. The SMILES string of the molecule is COc1cc(C(=O)OCN2C(=O)c3ccccc3C2=O)cc(Cl)c1OC. The topological polar surface area (TPSA) is 82.1 Å². The van der Waals surface area contributed by atoms with Crippen LogP contribution in [-0.2, 0) is 4.74 Å². The van der Waals surface area contributed by atoms with Crippen LogP contribution in [0, 0.1) is 0 Å². The molecule has 0 saturated carbocycles. The van der Waals surface area contributed by atoms with Gasteiger partial charge in [0.1, 0.15) is 0 Å². The standard InChI is InChI=1S/C18H14ClNO6/c1-24-14-8-10(7-13(19)15(14)25-2)18(23)26-9-20-16(21)11-5-3-4-6-12(11)17(20)22/h3-8H,9H2,1-2H3. The molecular weight excluding hydrogens is 362 g/mol. The quantitative estimate of drug-likeness (QED) is 0.590. The minimum atomic E-state index is -0.760. The maximum Gasteiger partial charge on any atom is 0.340 e. The van der Waals surface area contributed by atoms with Gasteiger partial charge in [-0.05, 0) is 24.3 Å². The van der Waals surface area contributed by atoms with Gasteiger partial charge in [0.05, 0.1) is 35.9 Å². The normalized spacial score (nSPS) is 12.8. The molecule has 0 unspecified atom stereocenters. The highest BCUT2D eigenvalue weighted by Crippen LogP contribution is 2.36. The van der Waals surface area contributed by atoms with E-state index in [1.54, 1.807) is 24.3 Å². The van der Waals surface area contributed by atoms with Crippen molar-refractivity contribution in [1.29, 1.82) is 0 Å². The molecule has 1 aliphatic rings. The van der Waals surface area contributed by atoms with Crippen LogP contribution in [0.4, 0.5) is 0 Å². The smallest absolute Gasteiger partial charge is 0.340 e. The number of amides is 2. The molecule has 1 heterocycles. The molecule has 0 saturated heterocycles. The molecule has 0 aromatic heterocycles. The van der Waals surface area contributed by atoms with Crippen molar-refractivity contribution in [2.24, 2.45) is 0 Å². The highest BCUT2D eigenvalue weighted by molar-refractivity contribution is 6.32. The molecule has 0 radical (unpaired) electrons. The molecule has 26 heavy (non-hydrogen) atoms. The molecule has 3 rings (SSSR count). The predicted molar refractivity (Wildman–Crippen MR) is 91.8 cm³/mol. The molecule has 2 aromatic carbocycles. The Kier molecular flexibility index (Phi) is 4.81. The van der Waals surface area contributed by atoms with Crippen molar-refractivity contribution in [3.05, 3.63) is 58.1 Å². The van der Waals surface area contributed by atoms with E-state index in [2.05, 4.69) is 0 Å². The minimum absolute atomic E-state index is 0.101. The number of fused-ring (bicyclic) bond motifs is 1. The van der Waals surface area contributed by atoms with Crippen molar-refractivity contribution in [2.75, 3.05) is 21.0 Å². The summed E-state index contributed by atoms with van der Waals surface area (Å²) < 4.78 is 15.3. The van der Waals surface area contributed by atoms with E-state index in [4.69, 9.17) is 25.8 Å². The van der Waals surface area contributed by atoms with Gasteiger partial charge in [0, 0.05) is 0 Å². The van der Waals surface area contributed by atoms with Crippen molar-refractivity contribution in [2.45, 2.75) is 0 Å². The first kappa shape index (κ1) is 17.8. The van der Waals surface area contributed by atoms with Crippen LogP contribution >= 0.6 is 11.6 Å². The van der Waals surface area contributed by atoms with Gasteiger partial charge in [-0.25, -0.2) is 9.69 Å². The molecule has 0 fully saturated rings. The van der Waals surface area contributed by atoms with Gasteiger partial charge in [-0.15, -0.1) is 0 Å². The summed E-state index contributed by atoms with van der Waals surface area (Å²) in [5.74, 6) is -1.24. The molecule has 134 valence electrons. The van der Waals surface area contributed by atoms with Crippen LogP contribution in [0.15, 0.2) is 36.4 Å². The Morgan fingerprint density at radius 2 is 1.65 bits per heavy atom. The van der Waals surface area contributed by atoms with Gasteiger partial charge in [0.15, 0.2) is 18.2 Å². The monoisotopic (exact) mass is 375 g/mol. The molecule has 0 N–H and O–H groups in total. The molecule has 0 spiro atoms. The van der Waals surface area contributed by atoms with E-state index in [0.29, 0.717) is 0 Å². The van der Waals surface area contributed by atoms with Crippen LogP contribution in [0.2, 0.25) is 5.02 Å². The van der Waals surface area contributed by atoms with Crippen LogP contribution in [0.3, 0.4) is 0 Å². The number of hydrogen-bond donors (Lipinski definition) is 0. The molecule has 0 atom stereocenters. The van der Waals surface area contributed by atoms with Crippen molar-refractivity contribution in [1.82, 2.24) is 4.90 Å². The number of ether oxygens (including phenoxy) is 3. The summed E-state index contributed by atoms with van der Waals surface area (Å²) in [4.78, 5) is 37.6. The van der Waals surface area contributed by atoms with Gasteiger partial charge in [-0.1, -0.05) is 23.7 Å². The number of carbonyl (C=O) groups is 3. The predicted octanol–water partition coefficient (Wildman–Crippen LogP) is 2.77. The highest BCUT2D eigenvalue weighted by atomic mass is 35.5. The number of methoxy groups -OCH3 is 2. The van der Waals surface area contributed by atoms with E-state index in [9.17, 15) is 14.4 Å². The van der Waals surface area contributed by atoms with Gasteiger partial charge >= 0.3 is 5.97 Å². The number of rotatable bonds is 5. The zero-order valence-electron chi connectivity index (χ0n) is 13.9. The first-order chi connectivity index (χ1) is 12.5. The zero-order valence-corrected chi connectivity index (χ0v) is 14.7. The molecular formula is C18H14ClNO6. The van der Waals surface area contributed by atoms with E-state index in [-0.39, 0.29) is 33.2 Å². The fourth-order valence-corrected chi connectivity index (χ4v) is 2.89. The largest absolute Gasteiger partial charge is 0.493 e. The minimum Gasteiger partial charge on any atom is -0.493 e. The lowest BCUT2D eigenvalue weighted by Crippen LogP contribution is -2.33. The Balaban J connectivity index is 1.75. The van der Waals surface area contributed by atoms with E-state index >= 15 is 0 Å². The van der Waals surface area contributed by atoms with Gasteiger partial charge in [-0.2, -0.15) is 0 Å². The second-order valence-electron chi connectivity index (χ2n) is 5.34. The lowest BCUT2D eigenvalue weighted by Gasteiger charge is -2.15. The maximum atomic E-state index is 12.3. The van der Waals surface area contributed by atoms with Crippen LogP contribution in [0.25, 0.3) is 0 Å². The number of hydrogen-bond acceptors (Lipinski definition) is 6. The Hall–Kier alpha value is -3.06. The Morgan fingerprint density at radius 3 is 2.19 bits per heavy atom. The fourth-order valence-electron chi connectivity index (χ4n) is 2.60. The Morgan fingerprint density at radius 1 is 1.04 bits per heavy atom. The third-order valence-corrected chi connectivity index (χ3v) is 4.15. The molecule has 7 nitrogen and oxygen atoms in total. The summed E-state index contributed by atoms with van der Waals surface area (Å²) in [7, 11) is 2.83. The molecule has 8 heteroatoms. The van der Waals surface area contributed by atoms with Crippen LogP contribution in [0.1, 0.15) is 31.1 Å². The first-order valence-electron chi connectivity index (χ1n) is 7.51. The lowest BCUT2D eigenvalue weighted by molar-refractivity contribution is 0.0228. The summed E-state index contributed by atoms with van der Waals surface area (Å²) in [6.07, 6.45) is 0. The number of carbonyl (C=O) groups excluding carboxylic acids is 3. The van der Waals surface area contributed by atoms with Crippen molar-refractivity contribution >= 4 is 29.4 Å². The van der Waals surface area contributed by atoms with Crippen LogP contribution in [-0.4, -0.2) is 43.6 Å². The van der Waals surface area contributed by atoms with Gasteiger partial charge < -0.3 is 14.2 Å². The average Bonchev–Trinajstić information content (AvgIpc) is 2.90. The summed E-state index contributed by atoms with van der Waals surface area (Å²) in [6.45, 7) is -0.503. The van der Waals surface area contributed by atoms with Crippen LogP contribution < -0.4 is 9.47 Å². The first-order valence-corrected chi connectivity index (χ1v) is 7.89. The van der Waals surface area contributed by atoms with E-state index < -0.39 is 24.5 Å². The third-order valence-electron chi connectivity index (χ3n) is 3.87. The molecule has 1 aliphatic heterocycles. The summed E-state index contributed by atoms with van der Waals surface area (Å²) in [6, 6.07) is 9.16. The molecule has 0 aliphatic carbocycles. The van der Waals surface area contributed by atoms with E-state index in [1.807, 2.05) is 0 Å². The number of nitrogens with zero attached hydrogens (tertiary/aromatic N) is 1. The lowest BCUT2D eigenvalue weighted by atomic mass is 10.1. The maximum absolute atomic E-state index is 12.3. The summed E-state index contributed by atoms with van der Waals surface area (Å²) >= 11 is 6.06. The average molecular weight is 376 g/mol. The zero-order chi connectivity index (χ0) is 18.8. The molecule has 0 bridgehead atoms. The van der Waals surface area contributed by atoms with Crippen molar-refractivity contribution < 1.29 is 28.6 Å². The van der Waals surface area contributed by atoms with Gasteiger partial charge in [-0.3, -0.25) is 9.59 Å². The van der Waals surface area contributed by atoms with Crippen molar-refractivity contribution in [3.8, 4) is 11.5 Å². The van der Waals surface area contributed by atoms with E-state index in [0.717, 1.165) is 4.90 Å². The highest BCUT2D eigenvalue weighted by Gasteiger charge is 2.35.